The zero-order chi connectivity index (χ0) is 23.3. The molecule has 1 aliphatic heterocycles. The lowest BCUT2D eigenvalue weighted by Crippen LogP contribution is -2.36. The highest BCUT2D eigenvalue weighted by Crippen LogP contribution is 2.32. The van der Waals surface area contributed by atoms with Gasteiger partial charge in [0.25, 0.3) is 0 Å². The van der Waals surface area contributed by atoms with E-state index < -0.39 is 0 Å². The Balaban J connectivity index is 1.76. The van der Waals surface area contributed by atoms with Crippen molar-refractivity contribution in [1.29, 1.82) is 0 Å². The highest BCUT2D eigenvalue weighted by Gasteiger charge is 2.27. The van der Waals surface area contributed by atoms with Crippen molar-refractivity contribution in [3.05, 3.63) is 34.9 Å². The second kappa shape index (κ2) is 10.8. The predicted molar refractivity (Wildman–Crippen MR) is 121 cm³/mol. The van der Waals surface area contributed by atoms with Gasteiger partial charge in [-0.2, -0.15) is 0 Å². The number of carbonyl (C=O) groups is 1. The van der Waals surface area contributed by atoms with Gasteiger partial charge in [0.05, 0.1) is 20.3 Å². The van der Waals surface area contributed by atoms with Gasteiger partial charge in [-0.15, -0.1) is 10.2 Å². The number of aromatic nitrogens is 3. The molecule has 0 saturated heterocycles. The van der Waals surface area contributed by atoms with Gasteiger partial charge in [0.15, 0.2) is 5.82 Å². The lowest BCUT2D eigenvalue weighted by atomic mass is 10.0. The molecule has 1 aromatic carbocycles. The topological polar surface area (TPSA) is 90.7 Å². The number of nitrogens with zero attached hydrogens (tertiary/aromatic N) is 4. The largest absolute Gasteiger partial charge is 0.496 e. The lowest BCUT2D eigenvalue weighted by Gasteiger charge is -2.24. The molecule has 0 saturated carbocycles. The van der Waals surface area contributed by atoms with Gasteiger partial charge in [-0.25, -0.2) is 0 Å². The van der Waals surface area contributed by atoms with E-state index in [0.717, 1.165) is 66.9 Å². The van der Waals surface area contributed by atoms with Crippen LogP contribution in [-0.2, 0) is 29.0 Å². The van der Waals surface area contributed by atoms with Crippen molar-refractivity contribution in [3.8, 4) is 11.5 Å². The Morgan fingerprint density at radius 2 is 1.91 bits per heavy atom. The third-order valence-corrected chi connectivity index (χ3v) is 5.94. The molecule has 9 nitrogen and oxygen atoms in total. The minimum atomic E-state index is -0.213. The van der Waals surface area contributed by atoms with Crippen LogP contribution in [-0.4, -0.2) is 66.6 Å². The van der Waals surface area contributed by atoms with E-state index in [1.54, 1.807) is 14.2 Å². The Bertz CT molecular complexity index is 927. The molecule has 0 unspecified atom stereocenters. The molecule has 0 aliphatic carbocycles. The highest BCUT2D eigenvalue weighted by molar-refractivity contribution is 5.77. The van der Waals surface area contributed by atoms with Crippen LogP contribution < -0.4 is 14.8 Å². The average Bonchev–Trinajstić information content (AvgIpc) is 3.05. The fraction of sp³-hybridized carbons (Fsp3) is 0.609. The van der Waals surface area contributed by atoms with Crippen LogP contribution in [0.4, 0.5) is 0 Å². The molecule has 3 rings (SSSR count). The first-order chi connectivity index (χ1) is 15.4. The molecule has 1 amide bonds. The van der Waals surface area contributed by atoms with Gasteiger partial charge in [-0.05, 0) is 18.9 Å². The maximum Gasteiger partial charge on any atom is 0.246 e. The van der Waals surface area contributed by atoms with Crippen LogP contribution in [0.2, 0.25) is 0 Å². The van der Waals surface area contributed by atoms with Crippen LogP contribution in [0, 0.1) is 12.8 Å². The molecule has 0 fully saturated rings. The Kier molecular flexibility index (Phi) is 8.09. The Labute approximate surface area is 190 Å². The third kappa shape index (κ3) is 5.21. The molecule has 1 aromatic heterocycles. The number of ether oxygens (including phenoxy) is 3. The van der Waals surface area contributed by atoms with Gasteiger partial charge in [-0.1, -0.05) is 19.9 Å². The van der Waals surface area contributed by atoms with Gasteiger partial charge >= 0.3 is 0 Å². The predicted octanol–water partition coefficient (Wildman–Crippen LogP) is 2.12. The summed E-state index contributed by atoms with van der Waals surface area (Å²) in [5.41, 5.74) is 2.14. The maximum absolute atomic E-state index is 12.2. The van der Waals surface area contributed by atoms with Crippen LogP contribution in [0.3, 0.4) is 0 Å². The Hall–Kier alpha value is -2.65. The lowest BCUT2D eigenvalue weighted by molar-refractivity contribution is -0.125. The van der Waals surface area contributed by atoms with E-state index in [9.17, 15) is 4.79 Å². The summed E-state index contributed by atoms with van der Waals surface area (Å²) in [6, 6.07) is 3.85. The summed E-state index contributed by atoms with van der Waals surface area (Å²) in [5.74, 6) is 3.48. The van der Waals surface area contributed by atoms with Gasteiger partial charge in [0.1, 0.15) is 23.9 Å². The van der Waals surface area contributed by atoms with E-state index in [-0.39, 0.29) is 24.5 Å². The van der Waals surface area contributed by atoms with E-state index in [1.807, 2.05) is 13.0 Å². The molecule has 0 spiro atoms. The van der Waals surface area contributed by atoms with E-state index in [4.69, 9.17) is 14.2 Å². The number of carbonyl (C=O) groups excluding carboxylic acids is 1. The smallest absolute Gasteiger partial charge is 0.246 e. The molecule has 1 aliphatic rings. The van der Waals surface area contributed by atoms with Crippen LogP contribution in [0.25, 0.3) is 0 Å². The van der Waals surface area contributed by atoms with Crippen molar-refractivity contribution in [2.45, 2.75) is 46.3 Å². The van der Waals surface area contributed by atoms with Crippen LogP contribution in [0.5, 0.6) is 11.5 Å². The molecule has 176 valence electrons. The fourth-order valence-electron chi connectivity index (χ4n) is 4.25. The number of nitrogens with one attached hydrogen (secondary N) is 1. The molecule has 0 bridgehead atoms. The second-order valence-corrected chi connectivity index (χ2v) is 8.46. The van der Waals surface area contributed by atoms with Gasteiger partial charge in [0, 0.05) is 50.8 Å². The summed E-state index contributed by atoms with van der Waals surface area (Å²) in [6.45, 7) is 9.44. The summed E-state index contributed by atoms with van der Waals surface area (Å²) in [5, 5.41) is 11.9. The molecule has 2 heterocycles. The Morgan fingerprint density at radius 3 is 2.56 bits per heavy atom. The van der Waals surface area contributed by atoms with Crippen LogP contribution >= 0.6 is 0 Å². The molecule has 9 heteroatoms. The van der Waals surface area contributed by atoms with Gasteiger partial charge in [-0.3, -0.25) is 9.69 Å². The van der Waals surface area contributed by atoms with E-state index in [2.05, 4.69) is 44.9 Å². The Morgan fingerprint density at radius 1 is 1.12 bits per heavy atom. The minimum absolute atomic E-state index is 0.0289. The molecular formula is C23H35N5O4. The first-order valence-corrected chi connectivity index (χ1v) is 11.0. The molecule has 2 aromatic rings. The van der Waals surface area contributed by atoms with Gasteiger partial charge in [0.2, 0.25) is 5.91 Å². The van der Waals surface area contributed by atoms with Crippen molar-refractivity contribution < 1.29 is 19.0 Å². The van der Waals surface area contributed by atoms with Crippen molar-refractivity contribution in [1.82, 2.24) is 25.0 Å². The minimum Gasteiger partial charge on any atom is -0.496 e. The fourth-order valence-corrected chi connectivity index (χ4v) is 4.25. The first kappa shape index (κ1) is 24.0. The number of amides is 1. The molecule has 1 atom stereocenters. The van der Waals surface area contributed by atoms with Crippen molar-refractivity contribution >= 4 is 5.91 Å². The summed E-state index contributed by atoms with van der Waals surface area (Å²) in [6.07, 6.45) is 0.793. The summed E-state index contributed by atoms with van der Waals surface area (Å²) < 4.78 is 18.2. The summed E-state index contributed by atoms with van der Waals surface area (Å²) in [4.78, 5) is 14.6. The third-order valence-electron chi connectivity index (χ3n) is 5.94. The number of hydrogen-bond acceptors (Lipinski definition) is 7. The van der Waals surface area contributed by atoms with E-state index >= 15 is 0 Å². The van der Waals surface area contributed by atoms with E-state index in [1.165, 1.54) is 7.11 Å². The van der Waals surface area contributed by atoms with E-state index in [0.29, 0.717) is 0 Å². The van der Waals surface area contributed by atoms with Gasteiger partial charge < -0.3 is 24.1 Å². The molecule has 32 heavy (non-hydrogen) atoms. The normalized spacial score (nSPS) is 15.2. The number of fused-ring (bicyclic) bond motifs is 1. The average molecular weight is 446 g/mol. The van der Waals surface area contributed by atoms with Crippen molar-refractivity contribution in [2.75, 3.05) is 41.0 Å². The molecular weight excluding hydrogens is 410 g/mol. The quantitative estimate of drug-likeness (QED) is 0.632. The van der Waals surface area contributed by atoms with Crippen LogP contribution in [0.15, 0.2) is 12.1 Å². The summed E-state index contributed by atoms with van der Waals surface area (Å²) >= 11 is 0. The van der Waals surface area contributed by atoms with Crippen molar-refractivity contribution in [3.63, 3.8) is 0 Å². The number of hydrogen-bond donors (Lipinski definition) is 1. The van der Waals surface area contributed by atoms with Crippen LogP contribution in [0.1, 0.15) is 42.7 Å². The zero-order valence-electron chi connectivity index (χ0n) is 20.0. The SMILES string of the molecule is COCC(=O)N[C@@H](c1nnc2n1CCN(Cc1ccc(OC)c(C)c1OC)CC2)C(C)C. The highest BCUT2D eigenvalue weighted by atomic mass is 16.5. The maximum atomic E-state index is 12.2. The zero-order valence-corrected chi connectivity index (χ0v) is 20.0. The second-order valence-electron chi connectivity index (χ2n) is 8.46. The summed E-state index contributed by atoms with van der Waals surface area (Å²) in [7, 11) is 4.89. The monoisotopic (exact) mass is 445 g/mol. The molecule has 0 radical (unpaired) electrons. The molecule has 1 N–H and O–H groups in total. The standard InChI is InChI=1S/C23H35N5O4/c1-15(2)21(24-20(29)14-30-4)23-26-25-19-9-10-27(11-12-28(19)23)13-17-7-8-18(31-5)16(3)22(17)32-6/h7-8,15,21H,9-14H2,1-6H3,(H,24,29)/t21-/m1/s1. The van der Waals surface area contributed by atoms with Crippen molar-refractivity contribution in [2.24, 2.45) is 5.92 Å². The number of benzene rings is 1. The first-order valence-electron chi connectivity index (χ1n) is 11.0. The number of methoxy groups -OCH3 is 3. The number of rotatable bonds is 9.